The van der Waals surface area contributed by atoms with Crippen LogP contribution in [0.4, 0.5) is 4.39 Å². The predicted molar refractivity (Wildman–Crippen MR) is 75.5 cm³/mol. The van der Waals surface area contributed by atoms with Gasteiger partial charge in [-0.3, -0.25) is 4.68 Å². The van der Waals surface area contributed by atoms with Crippen molar-refractivity contribution in [2.75, 3.05) is 0 Å². The average molecular weight is 303 g/mol. The summed E-state index contributed by atoms with van der Waals surface area (Å²) >= 11 is 6.08. The smallest absolute Gasteiger partial charge is 0.226 e. The molecular formula is C13H8ClFN6. The number of aromatic nitrogens is 6. The van der Waals surface area contributed by atoms with Crippen molar-refractivity contribution < 1.29 is 4.39 Å². The van der Waals surface area contributed by atoms with Gasteiger partial charge in [-0.25, -0.2) is 14.4 Å². The van der Waals surface area contributed by atoms with Gasteiger partial charge in [0.2, 0.25) is 5.28 Å². The van der Waals surface area contributed by atoms with Crippen molar-refractivity contribution in [3.63, 3.8) is 0 Å². The minimum atomic E-state index is -0.442. The summed E-state index contributed by atoms with van der Waals surface area (Å²) in [5.41, 5.74) is 1.39. The highest BCUT2D eigenvalue weighted by atomic mass is 35.5. The zero-order valence-electron chi connectivity index (χ0n) is 10.8. The normalized spacial score (nSPS) is 11.6. The first kappa shape index (κ1) is 12.2. The van der Waals surface area contributed by atoms with Crippen molar-refractivity contribution >= 4 is 28.2 Å². The molecule has 0 N–H and O–H groups in total. The minimum Gasteiger partial charge on any atom is -0.275 e. The molecule has 0 aliphatic rings. The number of benzene rings is 1. The van der Waals surface area contributed by atoms with Crippen LogP contribution < -0.4 is 0 Å². The van der Waals surface area contributed by atoms with Crippen LogP contribution in [0.25, 0.3) is 27.9 Å². The number of rotatable bonds is 1. The molecule has 3 aromatic heterocycles. The molecule has 4 aromatic rings. The number of para-hydroxylation sites is 1. The SMILES string of the molecule is Cn1cc(-c2nc3c4cccc(F)c4nc(Cl)n3n2)cn1. The maximum absolute atomic E-state index is 13.8. The Hall–Kier alpha value is -2.54. The van der Waals surface area contributed by atoms with Gasteiger partial charge in [0, 0.05) is 18.6 Å². The van der Waals surface area contributed by atoms with Crippen LogP contribution in [0.5, 0.6) is 0 Å². The molecule has 21 heavy (non-hydrogen) atoms. The largest absolute Gasteiger partial charge is 0.275 e. The summed E-state index contributed by atoms with van der Waals surface area (Å²) in [4.78, 5) is 8.48. The maximum Gasteiger partial charge on any atom is 0.226 e. The molecule has 0 aliphatic carbocycles. The summed E-state index contributed by atoms with van der Waals surface area (Å²) in [6, 6.07) is 4.67. The lowest BCUT2D eigenvalue weighted by Crippen LogP contribution is -1.96. The van der Waals surface area contributed by atoms with Gasteiger partial charge in [-0.2, -0.15) is 9.61 Å². The van der Waals surface area contributed by atoms with Crippen LogP contribution in [-0.2, 0) is 7.05 Å². The number of halogens is 2. The second-order valence-corrected chi connectivity index (χ2v) is 4.93. The van der Waals surface area contributed by atoms with Crippen molar-refractivity contribution in [1.29, 1.82) is 0 Å². The van der Waals surface area contributed by atoms with Gasteiger partial charge < -0.3 is 0 Å². The summed E-state index contributed by atoms with van der Waals surface area (Å²) < 4.78 is 16.9. The summed E-state index contributed by atoms with van der Waals surface area (Å²) in [5.74, 6) is 0.0198. The first-order chi connectivity index (χ1) is 10.1. The van der Waals surface area contributed by atoms with Gasteiger partial charge in [-0.1, -0.05) is 6.07 Å². The number of hydrogen-bond acceptors (Lipinski definition) is 4. The van der Waals surface area contributed by atoms with Crippen LogP contribution in [0.15, 0.2) is 30.6 Å². The Kier molecular flexibility index (Phi) is 2.46. The third-order valence-electron chi connectivity index (χ3n) is 3.18. The Labute approximate surface area is 122 Å². The van der Waals surface area contributed by atoms with Crippen LogP contribution in [0.1, 0.15) is 0 Å². The zero-order chi connectivity index (χ0) is 14.6. The van der Waals surface area contributed by atoms with Crippen molar-refractivity contribution in [3.8, 4) is 11.4 Å². The van der Waals surface area contributed by atoms with Gasteiger partial charge >= 0.3 is 0 Å². The summed E-state index contributed by atoms with van der Waals surface area (Å²) in [6.45, 7) is 0. The van der Waals surface area contributed by atoms with E-state index in [-0.39, 0.29) is 10.8 Å². The van der Waals surface area contributed by atoms with Gasteiger partial charge in [0.25, 0.3) is 0 Å². The lowest BCUT2D eigenvalue weighted by Gasteiger charge is -2.01. The summed E-state index contributed by atoms with van der Waals surface area (Å²) in [5, 5.41) is 9.01. The van der Waals surface area contributed by atoms with Crippen LogP contribution >= 0.6 is 11.6 Å². The molecule has 0 radical (unpaired) electrons. The third kappa shape index (κ3) is 1.78. The van der Waals surface area contributed by atoms with E-state index in [1.54, 1.807) is 36.3 Å². The van der Waals surface area contributed by atoms with Crippen LogP contribution in [-0.4, -0.2) is 29.4 Å². The van der Waals surface area contributed by atoms with Crippen LogP contribution in [0.3, 0.4) is 0 Å². The first-order valence-corrected chi connectivity index (χ1v) is 6.51. The van der Waals surface area contributed by atoms with Crippen LogP contribution in [0.2, 0.25) is 5.28 Å². The van der Waals surface area contributed by atoms with Gasteiger partial charge in [-0.15, -0.1) is 5.10 Å². The Bertz CT molecular complexity index is 989. The van der Waals surface area contributed by atoms with Gasteiger partial charge in [0.05, 0.1) is 11.8 Å². The van der Waals surface area contributed by atoms with E-state index in [0.29, 0.717) is 16.9 Å². The molecule has 0 fully saturated rings. The standard InChI is InChI=1S/C13H8ClFN6/c1-20-6-7(5-16-20)11-18-12-8-3-2-4-9(15)10(8)17-13(14)21(12)19-11/h2-6H,1H3. The number of hydrogen-bond donors (Lipinski definition) is 0. The molecular weight excluding hydrogens is 295 g/mol. The Morgan fingerprint density at radius 1 is 1.24 bits per heavy atom. The fourth-order valence-electron chi connectivity index (χ4n) is 2.22. The fraction of sp³-hybridized carbons (Fsp3) is 0.0769. The van der Waals surface area contributed by atoms with E-state index in [9.17, 15) is 4.39 Å². The van der Waals surface area contributed by atoms with E-state index in [1.165, 1.54) is 10.6 Å². The lowest BCUT2D eigenvalue weighted by atomic mass is 10.2. The molecule has 0 spiro atoms. The van der Waals surface area contributed by atoms with E-state index in [0.717, 1.165) is 5.56 Å². The lowest BCUT2D eigenvalue weighted by molar-refractivity contribution is 0.636. The molecule has 104 valence electrons. The highest BCUT2D eigenvalue weighted by molar-refractivity contribution is 6.29. The highest BCUT2D eigenvalue weighted by Gasteiger charge is 2.15. The summed E-state index contributed by atoms with van der Waals surface area (Å²) in [6.07, 6.45) is 3.44. The molecule has 1 aromatic carbocycles. The van der Waals surface area contributed by atoms with E-state index < -0.39 is 5.82 Å². The summed E-state index contributed by atoms with van der Waals surface area (Å²) in [7, 11) is 1.80. The topological polar surface area (TPSA) is 60.9 Å². The van der Waals surface area contributed by atoms with E-state index >= 15 is 0 Å². The Morgan fingerprint density at radius 3 is 2.86 bits per heavy atom. The molecule has 0 saturated heterocycles. The predicted octanol–water partition coefficient (Wildman–Crippen LogP) is 2.47. The second-order valence-electron chi connectivity index (χ2n) is 4.59. The number of nitrogens with zero attached hydrogens (tertiary/aromatic N) is 6. The van der Waals surface area contributed by atoms with Crippen LogP contribution in [0, 0.1) is 5.82 Å². The molecule has 6 nitrogen and oxygen atoms in total. The number of aryl methyl sites for hydroxylation is 1. The molecule has 0 bridgehead atoms. The first-order valence-electron chi connectivity index (χ1n) is 6.13. The average Bonchev–Trinajstić information content (AvgIpc) is 3.07. The molecule has 0 saturated carbocycles. The van der Waals surface area contributed by atoms with E-state index in [1.807, 2.05) is 0 Å². The Balaban J connectivity index is 2.09. The maximum atomic E-state index is 13.8. The van der Waals surface area contributed by atoms with Gasteiger partial charge in [0.1, 0.15) is 11.3 Å². The van der Waals surface area contributed by atoms with Crippen molar-refractivity contribution in [2.24, 2.45) is 7.05 Å². The molecule has 0 aliphatic heterocycles. The van der Waals surface area contributed by atoms with E-state index in [4.69, 9.17) is 11.6 Å². The van der Waals surface area contributed by atoms with Crippen molar-refractivity contribution in [3.05, 3.63) is 41.7 Å². The fourth-order valence-corrected chi connectivity index (χ4v) is 2.43. The third-order valence-corrected chi connectivity index (χ3v) is 3.42. The Morgan fingerprint density at radius 2 is 2.10 bits per heavy atom. The molecule has 3 heterocycles. The second kappa shape index (κ2) is 4.23. The molecule has 8 heteroatoms. The monoisotopic (exact) mass is 302 g/mol. The number of fused-ring (bicyclic) bond motifs is 3. The minimum absolute atomic E-state index is 0.0604. The van der Waals surface area contributed by atoms with Gasteiger partial charge in [-0.05, 0) is 23.7 Å². The highest BCUT2D eigenvalue weighted by Crippen LogP contribution is 2.25. The van der Waals surface area contributed by atoms with E-state index in [2.05, 4.69) is 20.2 Å². The quantitative estimate of drug-likeness (QED) is 0.507. The molecule has 4 rings (SSSR count). The van der Waals surface area contributed by atoms with Crippen molar-refractivity contribution in [1.82, 2.24) is 29.4 Å². The molecule has 0 atom stereocenters. The van der Waals surface area contributed by atoms with Gasteiger partial charge in [0.15, 0.2) is 11.5 Å². The zero-order valence-corrected chi connectivity index (χ0v) is 11.6. The molecule has 0 unspecified atom stereocenters. The molecule has 0 amide bonds. The van der Waals surface area contributed by atoms with Crippen molar-refractivity contribution in [2.45, 2.75) is 0 Å².